The lowest BCUT2D eigenvalue weighted by molar-refractivity contribution is 0.400. The number of ether oxygens (including phenoxy) is 1. The fourth-order valence-corrected chi connectivity index (χ4v) is 3.49. The molecule has 0 aliphatic carbocycles. The van der Waals surface area contributed by atoms with Crippen LogP contribution in [0.3, 0.4) is 0 Å². The molecule has 126 valence electrons. The summed E-state index contributed by atoms with van der Waals surface area (Å²) in [5.41, 5.74) is 4.36. The number of hydrogen-bond donors (Lipinski definition) is 0. The van der Waals surface area contributed by atoms with Crippen molar-refractivity contribution in [3.05, 3.63) is 60.7 Å². The summed E-state index contributed by atoms with van der Waals surface area (Å²) in [6.07, 6.45) is 0. The molecule has 0 unspecified atom stereocenters. The first-order valence-corrected chi connectivity index (χ1v) is 8.70. The summed E-state index contributed by atoms with van der Waals surface area (Å²) in [6, 6.07) is 21.0. The van der Waals surface area contributed by atoms with Crippen molar-refractivity contribution in [2.24, 2.45) is 5.92 Å². The Morgan fingerprint density at radius 1 is 0.960 bits per heavy atom. The Morgan fingerprint density at radius 2 is 1.68 bits per heavy atom. The molecule has 0 amide bonds. The van der Waals surface area contributed by atoms with Crippen LogP contribution in [0.25, 0.3) is 33.1 Å². The van der Waals surface area contributed by atoms with Gasteiger partial charge in [-0.3, -0.25) is 0 Å². The minimum atomic E-state index is 0.539. The fourth-order valence-electron chi connectivity index (χ4n) is 3.49. The van der Waals surface area contributed by atoms with Crippen molar-refractivity contribution in [1.29, 1.82) is 0 Å². The highest BCUT2D eigenvalue weighted by Crippen LogP contribution is 2.37. The Hall–Kier alpha value is -2.81. The van der Waals surface area contributed by atoms with Gasteiger partial charge in [-0.1, -0.05) is 62.4 Å². The average molecular weight is 330 g/mol. The van der Waals surface area contributed by atoms with E-state index in [1.54, 1.807) is 7.11 Å². The van der Waals surface area contributed by atoms with Gasteiger partial charge in [0.05, 0.1) is 12.8 Å². The van der Waals surface area contributed by atoms with E-state index in [0.717, 1.165) is 23.3 Å². The number of methoxy groups -OCH3 is 1. The quantitative estimate of drug-likeness (QED) is 0.492. The molecule has 2 aromatic heterocycles. The van der Waals surface area contributed by atoms with Crippen LogP contribution >= 0.6 is 0 Å². The lowest BCUT2D eigenvalue weighted by Gasteiger charge is -2.13. The van der Waals surface area contributed by atoms with Crippen molar-refractivity contribution in [1.82, 2.24) is 9.55 Å². The van der Waals surface area contributed by atoms with Crippen LogP contribution in [-0.2, 0) is 6.54 Å². The predicted octanol–water partition coefficient (Wildman–Crippen LogP) is 5.52. The minimum absolute atomic E-state index is 0.539. The zero-order chi connectivity index (χ0) is 17.4. The van der Waals surface area contributed by atoms with Gasteiger partial charge in [-0.2, -0.15) is 0 Å². The topological polar surface area (TPSA) is 27.1 Å². The van der Waals surface area contributed by atoms with Crippen LogP contribution in [0.15, 0.2) is 60.7 Å². The maximum Gasteiger partial charge on any atom is 0.238 e. The van der Waals surface area contributed by atoms with E-state index in [1.165, 1.54) is 16.3 Å². The Morgan fingerprint density at radius 3 is 2.40 bits per heavy atom. The molecular formula is C22H22N2O. The summed E-state index contributed by atoms with van der Waals surface area (Å²) in [7, 11) is 1.70. The van der Waals surface area contributed by atoms with Crippen molar-refractivity contribution < 1.29 is 4.74 Å². The molecule has 0 N–H and O–H groups in total. The molecule has 0 spiro atoms. The van der Waals surface area contributed by atoms with Gasteiger partial charge in [0.15, 0.2) is 0 Å². The molecule has 3 heteroatoms. The second-order valence-corrected chi connectivity index (χ2v) is 6.80. The number of benzene rings is 2. The molecule has 0 fully saturated rings. The highest BCUT2D eigenvalue weighted by atomic mass is 16.5. The molecule has 0 aliphatic heterocycles. The summed E-state index contributed by atoms with van der Waals surface area (Å²) in [5, 5.41) is 2.44. The molecule has 0 bridgehead atoms. The zero-order valence-corrected chi connectivity index (χ0v) is 14.9. The van der Waals surface area contributed by atoms with E-state index in [2.05, 4.69) is 60.9 Å². The molecule has 2 aromatic carbocycles. The summed E-state index contributed by atoms with van der Waals surface area (Å²) < 4.78 is 8.05. The lowest BCUT2D eigenvalue weighted by Crippen LogP contribution is -2.05. The third-order valence-corrected chi connectivity index (χ3v) is 4.53. The summed E-state index contributed by atoms with van der Waals surface area (Å²) in [5.74, 6) is 1.23. The van der Waals surface area contributed by atoms with Gasteiger partial charge >= 0.3 is 0 Å². The first-order chi connectivity index (χ1) is 12.2. The zero-order valence-electron chi connectivity index (χ0n) is 14.9. The third-order valence-electron chi connectivity index (χ3n) is 4.53. The molecule has 0 saturated heterocycles. The van der Waals surface area contributed by atoms with Gasteiger partial charge in [0.25, 0.3) is 0 Å². The number of fused-ring (bicyclic) bond motifs is 3. The molecular weight excluding hydrogens is 308 g/mol. The highest BCUT2D eigenvalue weighted by molar-refractivity contribution is 6.10. The lowest BCUT2D eigenvalue weighted by atomic mass is 10.1. The van der Waals surface area contributed by atoms with Crippen LogP contribution in [0.4, 0.5) is 0 Å². The second-order valence-electron chi connectivity index (χ2n) is 6.80. The predicted molar refractivity (Wildman–Crippen MR) is 104 cm³/mol. The Balaban J connectivity index is 2.09. The van der Waals surface area contributed by atoms with Crippen molar-refractivity contribution in [3.8, 4) is 17.1 Å². The number of rotatable bonds is 4. The van der Waals surface area contributed by atoms with Gasteiger partial charge in [0.1, 0.15) is 5.52 Å². The van der Waals surface area contributed by atoms with E-state index in [4.69, 9.17) is 9.72 Å². The molecule has 0 atom stereocenters. The molecule has 0 saturated carbocycles. The van der Waals surface area contributed by atoms with E-state index in [1.807, 2.05) is 18.2 Å². The second kappa shape index (κ2) is 6.25. The fraction of sp³-hybridized carbons (Fsp3) is 0.227. The highest BCUT2D eigenvalue weighted by Gasteiger charge is 2.18. The molecule has 0 aliphatic rings. The molecule has 25 heavy (non-hydrogen) atoms. The normalized spacial score (nSPS) is 11.5. The molecule has 2 heterocycles. The van der Waals surface area contributed by atoms with E-state index in [-0.39, 0.29) is 0 Å². The standard InChI is InChI=1S/C22H22N2O/c1-15(2)14-24-20-12-8-7-11-17(20)18-13-19(16-9-5-4-6-10-16)23-22(25-3)21(18)24/h4-13,15H,14H2,1-3H3. The maximum absolute atomic E-state index is 5.71. The van der Waals surface area contributed by atoms with Crippen molar-refractivity contribution in [3.63, 3.8) is 0 Å². The van der Waals surface area contributed by atoms with Gasteiger partial charge in [-0.15, -0.1) is 0 Å². The van der Waals surface area contributed by atoms with Crippen molar-refractivity contribution >= 4 is 21.8 Å². The number of nitrogens with zero attached hydrogens (tertiary/aromatic N) is 2. The Labute approximate surface area is 147 Å². The SMILES string of the molecule is COc1nc(-c2ccccc2)cc2c3ccccc3n(CC(C)C)c12. The van der Waals surface area contributed by atoms with Crippen LogP contribution in [0, 0.1) is 5.92 Å². The maximum atomic E-state index is 5.71. The van der Waals surface area contributed by atoms with E-state index >= 15 is 0 Å². The van der Waals surface area contributed by atoms with Crippen LogP contribution in [0.5, 0.6) is 5.88 Å². The molecule has 4 aromatic rings. The van der Waals surface area contributed by atoms with Gasteiger partial charge in [0.2, 0.25) is 5.88 Å². The summed E-state index contributed by atoms with van der Waals surface area (Å²) in [4.78, 5) is 4.81. The number of aromatic nitrogens is 2. The molecule has 0 radical (unpaired) electrons. The molecule has 4 rings (SSSR count). The van der Waals surface area contributed by atoms with Crippen molar-refractivity contribution in [2.45, 2.75) is 20.4 Å². The number of hydrogen-bond acceptors (Lipinski definition) is 2. The van der Waals surface area contributed by atoms with Gasteiger partial charge < -0.3 is 9.30 Å². The van der Waals surface area contributed by atoms with E-state index < -0.39 is 0 Å². The van der Waals surface area contributed by atoms with Gasteiger partial charge in [-0.25, -0.2) is 4.98 Å². The van der Waals surface area contributed by atoms with Crippen molar-refractivity contribution in [2.75, 3.05) is 7.11 Å². The first-order valence-electron chi connectivity index (χ1n) is 8.70. The third kappa shape index (κ3) is 2.66. The van der Waals surface area contributed by atoms with Gasteiger partial charge in [-0.05, 0) is 18.1 Å². The number of para-hydroxylation sites is 1. The Kier molecular flexibility index (Phi) is 3.92. The average Bonchev–Trinajstić information content (AvgIpc) is 2.95. The minimum Gasteiger partial charge on any atom is -0.479 e. The summed E-state index contributed by atoms with van der Waals surface area (Å²) >= 11 is 0. The van der Waals surface area contributed by atoms with Gasteiger partial charge in [0, 0.05) is 28.4 Å². The first kappa shape index (κ1) is 15.7. The smallest absolute Gasteiger partial charge is 0.238 e. The van der Waals surface area contributed by atoms with Crippen LogP contribution in [-0.4, -0.2) is 16.7 Å². The Bertz CT molecular complexity index is 1030. The number of pyridine rings is 1. The largest absolute Gasteiger partial charge is 0.479 e. The van der Waals surface area contributed by atoms with E-state index in [0.29, 0.717) is 11.8 Å². The molecule has 3 nitrogen and oxygen atoms in total. The van der Waals surface area contributed by atoms with Crippen LogP contribution < -0.4 is 4.74 Å². The van der Waals surface area contributed by atoms with E-state index in [9.17, 15) is 0 Å². The monoisotopic (exact) mass is 330 g/mol. The summed E-state index contributed by atoms with van der Waals surface area (Å²) in [6.45, 7) is 5.41. The van der Waals surface area contributed by atoms with Crippen LogP contribution in [0.2, 0.25) is 0 Å². The van der Waals surface area contributed by atoms with Crippen LogP contribution in [0.1, 0.15) is 13.8 Å².